The van der Waals surface area contributed by atoms with Gasteiger partial charge >= 0.3 is 18.2 Å². The average Bonchev–Trinajstić information content (AvgIpc) is 3.20. The zero-order valence-corrected chi connectivity index (χ0v) is 23.2. The third kappa shape index (κ3) is 6.52. The van der Waals surface area contributed by atoms with Gasteiger partial charge in [0.1, 0.15) is 16.7 Å². The van der Waals surface area contributed by atoms with Crippen LogP contribution in [0.2, 0.25) is 5.15 Å². The van der Waals surface area contributed by atoms with Crippen LogP contribution in [0.3, 0.4) is 0 Å². The first-order valence-electron chi connectivity index (χ1n) is 11.7. The number of ether oxygens (including phenoxy) is 2. The number of hydrogen-bond acceptors (Lipinski definition) is 7. The van der Waals surface area contributed by atoms with Crippen molar-refractivity contribution in [3.05, 3.63) is 29.5 Å². The number of benzene rings is 1. The van der Waals surface area contributed by atoms with Gasteiger partial charge in [0.05, 0.1) is 18.2 Å². The van der Waals surface area contributed by atoms with E-state index in [2.05, 4.69) is 15.2 Å². The lowest BCUT2D eigenvalue weighted by Gasteiger charge is -2.36. The van der Waals surface area contributed by atoms with Crippen LogP contribution in [0.5, 0.6) is 5.75 Å². The number of hydrogen-bond donors (Lipinski definition) is 2. The molecule has 11 nitrogen and oxygen atoms in total. The number of nitrogens with one attached hydrogen (secondary N) is 1. The van der Waals surface area contributed by atoms with Crippen LogP contribution in [-0.4, -0.2) is 59.8 Å². The Morgan fingerprint density at radius 2 is 1.92 bits per heavy atom. The molecular weight excluding hydrogens is 569 g/mol. The molecule has 0 bridgehead atoms. The molecule has 1 amide bonds. The first kappa shape index (κ1) is 30.3. The second-order valence-corrected chi connectivity index (χ2v) is 12.0. The summed E-state index contributed by atoms with van der Waals surface area (Å²) in [6, 6.07) is 3.55. The minimum absolute atomic E-state index is 0.0291. The number of sulfonamides is 1. The molecule has 0 spiro atoms. The van der Waals surface area contributed by atoms with Crippen LogP contribution in [0.25, 0.3) is 0 Å². The molecule has 2 atom stereocenters. The largest absolute Gasteiger partial charge is 0.486 e. The van der Waals surface area contributed by atoms with E-state index in [1.54, 1.807) is 13.8 Å². The molecule has 2 aromatic rings. The molecule has 1 aromatic carbocycles. The minimum atomic E-state index is -4.83. The number of fused-ring (bicyclic) bond motifs is 1. The highest BCUT2D eigenvalue weighted by Crippen LogP contribution is 2.41. The summed E-state index contributed by atoms with van der Waals surface area (Å²) in [5.74, 6) is -1.92. The molecule has 39 heavy (non-hydrogen) atoms. The van der Waals surface area contributed by atoms with Crippen molar-refractivity contribution in [3.8, 4) is 5.75 Å². The first-order chi connectivity index (χ1) is 17.8. The zero-order valence-electron chi connectivity index (χ0n) is 21.6. The first-order valence-corrected chi connectivity index (χ1v) is 13.5. The number of carboxylic acids is 1. The van der Waals surface area contributed by atoms with E-state index < -0.39 is 45.9 Å². The van der Waals surface area contributed by atoms with Gasteiger partial charge in [0, 0.05) is 17.9 Å². The third-order valence-electron chi connectivity index (χ3n) is 5.96. The smallest absolute Gasteiger partial charge is 0.427 e. The molecule has 0 fully saturated rings. The number of rotatable bonds is 8. The Balaban J connectivity index is 2.01. The number of aliphatic carboxylic acids is 1. The Morgan fingerprint density at radius 1 is 1.28 bits per heavy atom. The zero-order chi connectivity index (χ0) is 29.5. The maximum Gasteiger partial charge on any atom is 0.427 e. The van der Waals surface area contributed by atoms with Gasteiger partial charge in [0.15, 0.2) is 5.15 Å². The molecule has 1 aliphatic heterocycles. The van der Waals surface area contributed by atoms with Gasteiger partial charge in [-0.25, -0.2) is 13.2 Å². The average molecular weight is 597 g/mol. The predicted octanol–water partition coefficient (Wildman–Crippen LogP) is 5.07. The number of carboxylic acid groups (broad SMARTS) is 1. The van der Waals surface area contributed by atoms with Crippen molar-refractivity contribution in [2.45, 2.75) is 69.9 Å². The van der Waals surface area contributed by atoms with Crippen molar-refractivity contribution in [1.82, 2.24) is 9.78 Å². The molecule has 16 heteroatoms. The van der Waals surface area contributed by atoms with E-state index in [4.69, 9.17) is 16.3 Å². The lowest BCUT2D eigenvalue weighted by Crippen LogP contribution is -2.45. The van der Waals surface area contributed by atoms with E-state index in [9.17, 15) is 36.3 Å². The Labute approximate surface area is 227 Å². The summed E-state index contributed by atoms with van der Waals surface area (Å²) in [6.07, 6.45) is -5.89. The van der Waals surface area contributed by atoms with Gasteiger partial charge in [0.2, 0.25) is 5.60 Å². The summed E-state index contributed by atoms with van der Waals surface area (Å²) < 4.78 is 79.6. The molecule has 0 aliphatic carbocycles. The van der Waals surface area contributed by atoms with Gasteiger partial charge in [-0.2, -0.15) is 18.3 Å². The van der Waals surface area contributed by atoms with Crippen molar-refractivity contribution < 1.29 is 45.8 Å². The number of alkyl halides is 3. The normalized spacial score (nSPS) is 16.9. The van der Waals surface area contributed by atoms with E-state index in [0.29, 0.717) is 13.8 Å². The lowest BCUT2D eigenvalue weighted by molar-refractivity contribution is -0.242. The summed E-state index contributed by atoms with van der Waals surface area (Å²) in [6.45, 7) is 6.03. The molecule has 0 saturated heterocycles. The quantitative estimate of drug-likeness (QED) is 0.430. The summed E-state index contributed by atoms with van der Waals surface area (Å²) >= 11 is 6.17. The van der Waals surface area contributed by atoms with Gasteiger partial charge in [-0.15, -0.1) is 0 Å². The van der Waals surface area contributed by atoms with Crippen molar-refractivity contribution in [2.75, 3.05) is 16.2 Å². The lowest BCUT2D eigenvalue weighted by atomic mass is 10.0. The second kappa shape index (κ2) is 10.8. The predicted molar refractivity (Wildman–Crippen MR) is 135 cm³/mol. The summed E-state index contributed by atoms with van der Waals surface area (Å²) in [5.41, 5.74) is -2.93. The third-order valence-corrected chi connectivity index (χ3v) is 8.13. The molecule has 1 aliphatic rings. The summed E-state index contributed by atoms with van der Waals surface area (Å²) in [5, 5.41) is 15.2. The Hall–Kier alpha value is -3.20. The maximum atomic E-state index is 13.8. The standard InChI is InChI=1S/C23H28ClF3N4O7S/c1-12(2)30-11-18(19(24)29-30)39(35,36)31-10-15(8-13(3)20(32)33)37-17-7-6-14(9-16(17)31)28-21(34)38-22(4,5)23(25,26)27/h6-7,9,11-13,15H,8,10H2,1-5H3,(H,28,34)(H,32,33)/t13-,15-/m0/s1. The van der Waals surface area contributed by atoms with Crippen molar-refractivity contribution in [3.63, 3.8) is 0 Å². The minimum Gasteiger partial charge on any atom is -0.486 e. The monoisotopic (exact) mass is 596 g/mol. The van der Waals surface area contributed by atoms with Crippen LogP contribution in [0.1, 0.15) is 47.1 Å². The van der Waals surface area contributed by atoms with Gasteiger partial charge in [-0.1, -0.05) is 18.5 Å². The van der Waals surface area contributed by atoms with E-state index in [0.717, 1.165) is 4.31 Å². The molecule has 0 unspecified atom stereocenters. The fourth-order valence-electron chi connectivity index (χ4n) is 3.58. The molecule has 2 heterocycles. The molecular formula is C23H28ClF3N4O7S. The highest BCUT2D eigenvalue weighted by molar-refractivity contribution is 7.93. The number of nitrogens with zero attached hydrogens (tertiary/aromatic N) is 3. The van der Waals surface area contributed by atoms with Gasteiger partial charge < -0.3 is 14.6 Å². The van der Waals surface area contributed by atoms with Crippen LogP contribution in [0.15, 0.2) is 29.3 Å². The van der Waals surface area contributed by atoms with Crippen LogP contribution >= 0.6 is 11.6 Å². The second-order valence-electron chi connectivity index (χ2n) is 9.81. The van der Waals surface area contributed by atoms with E-state index in [1.807, 2.05) is 0 Å². The van der Waals surface area contributed by atoms with E-state index in [-0.39, 0.29) is 46.2 Å². The van der Waals surface area contributed by atoms with E-state index in [1.165, 1.54) is 36.0 Å². The SMILES string of the molecule is CC(C)n1cc(S(=O)(=O)N2C[C@H](C[C@H](C)C(=O)O)Oc3ccc(NC(=O)OC(C)(C)C(F)(F)F)cc32)c(Cl)n1. The number of aromatic nitrogens is 2. The van der Waals surface area contributed by atoms with Crippen molar-refractivity contribution >= 4 is 45.1 Å². The fraction of sp³-hybridized carbons (Fsp3) is 0.522. The Morgan fingerprint density at radius 3 is 2.46 bits per heavy atom. The molecule has 1 aromatic heterocycles. The Kier molecular flexibility index (Phi) is 8.37. The highest BCUT2D eigenvalue weighted by atomic mass is 35.5. The summed E-state index contributed by atoms with van der Waals surface area (Å²) in [7, 11) is -4.40. The van der Waals surface area contributed by atoms with Gasteiger partial charge in [-0.05, 0) is 52.3 Å². The number of halogens is 4. The van der Waals surface area contributed by atoms with Gasteiger partial charge in [0.25, 0.3) is 10.0 Å². The molecule has 3 rings (SSSR count). The van der Waals surface area contributed by atoms with Crippen LogP contribution in [0.4, 0.5) is 29.3 Å². The summed E-state index contributed by atoms with van der Waals surface area (Å²) in [4.78, 5) is 23.3. The maximum absolute atomic E-state index is 13.8. The van der Waals surface area contributed by atoms with Crippen molar-refractivity contribution in [1.29, 1.82) is 0 Å². The van der Waals surface area contributed by atoms with Gasteiger partial charge in [-0.3, -0.25) is 19.1 Å². The number of carbonyl (C=O) groups excluding carboxylic acids is 1. The molecule has 216 valence electrons. The van der Waals surface area contributed by atoms with Crippen LogP contribution in [0, 0.1) is 5.92 Å². The fourth-order valence-corrected chi connectivity index (χ4v) is 5.50. The molecule has 0 radical (unpaired) electrons. The highest BCUT2D eigenvalue weighted by Gasteiger charge is 2.51. The van der Waals surface area contributed by atoms with Crippen LogP contribution < -0.4 is 14.4 Å². The Bertz CT molecular complexity index is 1360. The number of carbonyl (C=O) groups is 2. The van der Waals surface area contributed by atoms with E-state index >= 15 is 0 Å². The molecule has 0 saturated carbocycles. The number of anilines is 2. The topological polar surface area (TPSA) is 140 Å². The van der Waals surface area contributed by atoms with Crippen LogP contribution in [-0.2, 0) is 19.6 Å². The van der Waals surface area contributed by atoms with Crippen molar-refractivity contribution in [2.24, 2.45) is 5.92 Å². The molecule has 2 N–H and O–H groups in total. The number of amides is 1.